The summed E-state index contributed by atoms with van der Waals surface area (Å²) >= 11 is 0. The van der Waals surface area contributed by atoms with Crippen LogP contribution in [0.3, 0.4) is 0 Å². The lowest BCUT2D eigenvalue weighted by Gasteiger charge is -2.38. The molecule has 9 nitrogen and oxygen atoms in total. The van der Waals surface area contributed by atoms with Crippen molar-refractivity contribution in [3.8, 4) is 22.6 Å². The zero-order valence-electron chi connectivity index (χ0n) is 17.0. The average molecular weight is 423 g/mol. The number of nitrogens with zero attached hydrogens (tertiary/aromatic N) is 5. The number of aliphatic hydroxyl groups excluding tert-OH is 1. The molecule has 0 unspecified atom stereocenters. The van der Waals surface area contributed by atoms with Gasteiger partial charge in [-0.1, -0.05) is 0 Å². The van der Waals surface area contributed by atoms with Crippen molar-refractivity contribution in [3.63, 3.8) is 0 Å². The first-order chi connectivity index (χ1) is 15.0. The van der Waals surface area contributed by atoms with Gasteiger partial charge in [-0.2, -0.15) is 5.10 Å². The Hall–Kier alpha value is -3.40. The van der Waals surface area contributed by atoms with E-state index >= 15 is 0 Å². The van der Waals surface area contributed by atoms with Gasteiger partial charge in [0.1, 0.15) is 12.1 Å². The summed E-state index contributed by atoms with van der Waals surface area (Å²) in [5.41, 5.74) is 2.16. The second-order valence-electron chi connectivity index (χ2n) is 7.98. The molecule has 160 valence electrons. The number of benzene rings is 1. The summed E-state index contributed by atoms with van der Waals surface area (Å²) in [4.78, 5) is 27.6. The molecule has 0 bridgehead atoms. The Bertz CT molecular complexity index is 1130. The number of rotatable bonds is 3. The standard InChI is InChI=1S/C21H22FN7O2/c1-11-6-15(19-25-10-26-28-19)16(22)7-14(11)17-8-23-20-21(27-17)29(18(31)9-24-20)12-2-4-13(30)5-3-12/h6-8,10,12-13,30H,2-5,9H2,1H3,(H,23,24)(H,25,26,28)/t12-,13-. The predicted octanol–water partition coefficient (Wildman–Crippen LogP) is 2.44. The van der Waals surface area contributed by atoms with Gasteiger partial charge in [-0.15, -0.1) is 0 Å². The van der Waals surface area contributed by atoms with E-state index in [2.05, 4.69) is 25.5 Å². The zero-order chi connectivity index (χ0) is 21.5. The summed E-state index contributed by atoms with van der Waals surface area (Å²) in [6, 6.07) is 3.04. The number of carbonyl (C=O) groups is 1. The smallest absolute Gasteiger partial charge is 0.247 e. The summed E-state index contributed by atoms with van der Waals surface area (Å²) in [6.45, 7) is 2.01. The van der Waals surface area contributed by atoms with Gasteiger partial charge in [-0.05, 0) is 50.3 Å². The summed E-state index contributed by atoms with van der Waals surface area (Å²) < 4.78 is 14.8. The van der Waals surface area contributed by atoms with Crippen molar-refractivity contribution in [2.45, 2.75) is 44.8 Å². The molecule has 1 aliphatic carbocycles. The van der Waals surface area contributed by atoms with Crippen molar-refractivity contribution < 1.29 is 14.3 Å². The van der Waals surface area contributed by atoms with Crippen LogP contribution in [-0.2, 0) is 4.79 Å². The fourth-order valence-electron chi connectivity index (χ4n) is 4.32. The van der Waals surface area contributed by atoms with Crippen LogP contribution in [0.25, 0.3) is 22.6 Å². The van der Waals surface area contributed by atoms with Crippen LogP contribution in [0, 0.1) is 12.7 Å². The van der Waals surface area contributed by atoms with Crippen molar-refractivity contribution in [2.75, 3.05) is 16.8 Å². The maximum Gasteiger partial charge on any atom is 0.247 e. The molecule has 5 rings (SSSR count). The molecule has 1 aliphatic heterocycles. The number of aromatic nitrogens is 5. The lowest BCUT2D eigenvalue weighted by Crippen LogP contribution is -2.49. The van der Waals surface area contributed by atoms with E-state index in [4.69, 9.17) is 4.98 Å². The Morgan fingerprint density at radius 1 is 1.16 bits per heavy atom. The molecule has 1 saturated carbocycles. The minimum Gasteiger partial charge on any atom is -0.393 e. The number of nitrogens with one attached hydrogen (secondary N) is 2. The van der Waals surface area contributed by atoms with Crippen molar-refractivity contribution in [1.29, 1.82) is 0 Å². The van der Waals surface area contributed by atoms with Crippen LogP contribution >= 0.6 is 0 Å². The predicted molar refractivity (Wildman–Crippen MR) is 112 cm³/mol. The summed E-state index contributed by atoms with van der Waals surface area (Å²) in [5.74, 6) is 0.720. The molecule has 10 heteroatoms. The molecular weight excluding hydrogens is 401 g/mol. The van der Waals surface area contributed by atoms with Gasteiger partial charge in [0, 0.05) is 11.6 Å². The number of halogens is 1. The lowest BCUT2D eigenvalue weighted by atomic mass is 9.91. The van der Waals surface area contributed by atoms with E-state index in [1.807, 2.05) is 6.92 Å². The van der Waals surface area contributed by atoms with Crippen LogP contribution in [0.5, 0.6) is 0 Å². The van der Waals surface area contributed by atoms with E-state index in [1.54, 1.807) is 17.2 Å². The zero-order valence-corrected chi connectivity index (χ0v) is 17.0. The van der Waals surface area contributed by atoms with Crippen LogP contribution in [0.1, 0.15) is 31.2 Å². The molecule has 1 amide bonds. The van der Waals surface area contributed by atoms with Crippen LogP contribution in [-0.4, -0.2) is 54.9 Å². The van der Waals surface area contributed by atoms with E-state index in [-0.39, 0.29) is 30.4 Å². The topological polar surface area (TPSA) is 120 Å². The normalized spacial score (nSPS) is 21.0. The number of anilines is 2. The number of amides is 1. The van der Waals surface area contributed by atoms with E-state index in [1.165, 1.54) is 12.4 Å². The maximum absolute atomic E-state index is 14.8. The molecule has 3 heterocycles. The lowest BCUT2D eigenvalue weighted by molar-refractivity contribution is -0.118. The molecule has 2 aromatic heterocycles. The average Bonchev–Trinajstić information content (AvgIpc) is 3.30. The third-order valence-electron chi connectivity index (χ3n) is 5.94. The third-order valence-corrected chi connectivity index (χ3v) is 5.94. The van der Waals surface area contributed by atoms with Crippen molar-refractivity contribution in [2.24, 2.45) is 0 Å². The molecule has 3 N–H and O–H groups in total. The Morgan fingerprint density at radius 3 is 2.71 bits per heavy atom. The van der Waals surface area contributed by atoms with E-state index < -0.39 is 5.82 Å². The molecule has 0 radical (unpaired) electrons. The van der Waals surface area contributed by atoms with Gasteiger partial charge in [0.15, 0.2) is 17.5 Å². The Morgan fingerprint density at radius 2 is 1.97 bits per heavy atom. The Labute approximate surface area is 177 Å². The molecule has 2 aliphatic rings. The number of hydrogen-bond acceptors (Lipinski definition) is 7. The number of fused-ring (bicyclic) bond motifs is 1. The Kier molecular flexibility index (Phi) is 4.85. The highest BCUT2D eigenvalue weighted by molar-refractivity contribution is 6.01. The minimum atomic E-state index is -0.466. The second kappa shape index (κ2) is 7.69. The highest BCUT2D eigenvalue weighted by Gasteiger charge is 2.35. The first-order valence-electron chi connectivity index (χ1n) is 10.3. The number of carbonyl (C=O) groups excluding carboxylic acids is 1. The third kappa shape index (κ3) is 3.52. The minimum absolute atomic E-state index is 0.0350. The highest BCUT2D eigenvalue weighted by Crippen LogP contribution is 2.35. The molecule has 1 fully saturated rings. The van der Waals surface area contributed by atoms with Gasteiger partial charge < -0.3 is 10.4 Å². The van der Waals surface area contributed by atoms with Gasteiger partial charge in [-0.3, -0.25) is 14.8 Å². The van der Waals surface area contributed by atoms with Crippen LogP contribution < -0.4 is 10.2 Å². The molecule has 3 aromatic rings. The molecular formula is C21H22FN7O2. The molecule has 0 spiro atoms. The fourth-order valence-corrected chi connectivity index (χ4v) is 4.32. The Balaban J connectivity index is 1.54. The number of hydrogen-bond donors (Lipinski definition) is 3. The van der Waals surface area contributed by atoms with Crippen molar-refractivity contribution >= 4 is 17.5 Å². The van der Waals surface area contributed by atoms with E-state index in [0.29, 0.717) is 54.1 Å². The van der Waals surface area contributed by atoms with Gasteiger partial charge in [0.05, 0.1) is 30.1 Å². The largest absolute Gasteiger partial charge is 0.393 e. The van der Waals surface area contributed by atoms with Gasteiger partial charge in [0.2, 0.25) is 5.91 Å². The highest BCUT2D eigenvalue weighted by atomic mass is 19.1. The summed E-state index contributed by atoms with van der Waals surface area (Å²) in [5, 5.41) is 19.4. The first kappa shape index (κ1) is 19.6. The molecule has 0 saturated heterocycles. The monoisotopic (exact) mass is 423 g/mol. The number of H-pyrrole nitrogens is 1. The fraction of sp³-hybridized carbons (Fsp3) is 0.381. The second-order valence-corrected chi connectivity index (χ2v) is 7.98. The molecule has 31 heavy (non-hydrogen) atoms. The van der Waals surface area contributed by atoms with Gasteiger partial charge >= 0.3 is 0 Å². The first-order valence-corrected chi connectivity index (χ1v) is 10.3. The van der Waals surface area contributed by atoms with Crippen LogP contribution in [0.15, 0.2) is 24.7 Å². The number of aryl methyl sites for hydroxylation is 1. The van der Waals surface area contributed by atoms with Crippen molar-refractivity contribution in [3.05, 3.63) is 36.0 Å². The van der Waals surface area contributed by atoms with E-state index in [0.717, 1.165) is 5.56 Å². The van der Waals surface area contributed by atoms with Gasteiger partial charge in [0.25, 0.3) is 0 Å². The SMILES string of the molecule is Cc1cc(-c2nc[nH]n2)c(F)cc1-c1cnc2c(n1)N([C@H]1CC[C@H](O)CC1)C(=O)CN2. The summed E-state index contributed by atoms with van der Waals surface area (Å²) in [7, 11) is 0. The van der Waals surface area contributed by atoms with Gasteiger partial charge in [-0.25, -0.2) is 19.3 Å². The van der Waals surface area contributed by atoms with Crippen molar-refractivity contribution in [1.82, 2.24) is 25.1 Å². The summed E-state index contributed by atoms with van der Waals surface area (Å²) in [6.07, 6.45) is 5.37. The molecule has 0 atom stereocenters. The number of aromatic amines is 1. The maximum atomic E-state index is 14.8. The van der Waals surface area contributed by atoms with Crippen LogP contribution in [0.4, 0.5) is 16.0 Å². The number of aliphatic hydroxyl groups is 1. The van der Waals surface area contributed by atoms with Crippen LogP contribution in [0.2, 0.25) is 0 Å². The quantitative estimate of drug-likeness (QED) is 0.592. The molecule has 1 aromatic carbocycles. The van der Waals surface area contributed by atoms with E-state index in [9.17, 15) is 14.3 Å².